The molecule has 3 aliphatic heterocycles. The molecule has 1 aromatic carbocycles. The van der Waals surface area contributed by atoms with Gasteiger partial charge in [0.15, 0.2) is 23.1 Å². The molecule has 0 saturated carbocycles. The minimum absolute atomic E-state index is 0.0460. The van der Waals surface area contributed by atoms with Gasteiger partial charge in [-0.1, -0.05) is 0 Å². The molecule has 1 fully saturated rings. The summed E-state index contributed by atoms with van der Waals surface area (Å²) in [7, 11) is -4.52. The number of fused-ring (bicyclic) bond motifs is 3. The predicted octanol–water partition coefficient (Wildman–Crippen LogP) is 4.08. The topological polar surface area (TPSA) is 127 Å². The first-order valence-electron chi connectivity index (χ1n) is 14.3. The first-order chi connectivity index (χ1) is 21.3. The van der Waals surface area contributed by atoms with E-state index in [4.69, 9.17) is 19.4 Å². The van der Waals surface area contributed by atoms with Crippen molar-refractivity contribution in [2.24, 2.45) is 0 Å². The van der Waals surface area contributed by atoms with Crippen LogP contribution in [0, 0.1) is 5.82 Å². The molecule has 0 bridgehead atoms. The number of alkyl halides is 1. The number of aromatic nitrogens is 3. The summed E-state index contributed by atoms with van der Waals surface area (Å²) in [5, 5.41) is 3.41. The van der Waals surface area contributed by atoms with E-state index in [1.165, 1.54) is 12.8 Å². The van der Waals surface area contributed by atoms with Crippen LogP contribution in [-0.2, 0) is 16.4 Å². The second-order valence-corrected chi connectivity index (χ2v) is 12.8. The Bertz CT molecular complexity index is 1890. The first-order valence-corrected chi connectivity index (χ1v) is 15.9. The van der Waals surface area contributed by atoms with Crippen molar-refractivity contribution < 1.29 is 31.5 Å². The molecule has 1 N–H and O–H groups in total. The number of carbonyl (C=O) groups is 1. The molecular formula is C30H28F2N6O5S. The Kier molecular flexibility index (Phi) is 7.15. The highest BCUT2D eigenvalue weighted by Gasteiger charge is 2.35. The largest absolute Gasteiger partial charge is 0.489 e. The lowest BCUT2D eigenvalue weighted by Gasteiger charge is -2.30. The molecular weight excluding hydrogens is 594 g/mol. The van der Waals surface area contributed by atoms with Crippen molar-refractivity contribution in [1.29, 1.82) is 0 Å². The van der Waals surface area contributed by atoms with E-state index in [1.807, 2.05) is 29.3 Å². The second kappa shape index (κ2) is 11.2. The maximum Gasteiger partial charge on any atom is 0.251 e. The van der Waals surface area contributed by atoms with Gasteiger partial charge in [0.05, 0.1) is 42.8 Å². The van der Waals surface area contributed by atoms with Crippen molar-refractivity contribution in [2.75, 3.05) is 42.6 Å². The van der Waals surface area contributed by atoms with Crippen molar-refractivity contribution in [1.82, 2.24) is 20.3 Å². The summed E-state index contributed by atoms with van der Waals surface area (Å²) in [5.41, 5.74) is -0.384. The number of sulfone groups is 1. The minimum Gasteiger partial charge on any atom is -0.489 e. The number of anilines is 3. The highest BCUT2D eigenvalue weighted by molar-refractivity contribution is 7.92. The third-order valence-corrected chi connectivity index (χ3v) is 9.77. The van der Waals surface area contributed by atoms with Crippen LogP contribution in [0.4, 0.5) is 26.1 Å². The van der Waals surface area contributed by atoms with Crippen LogP contribution in [0.15, 0.2) is 53.7 Å². The molecule has 7 rings (SSSR count). The van der Waals surface area contributed by atoms with Crippen LogP contribution in [0.3, 0.4) is 0 Å². The number of benzene rings is 1. The molecule has 44 heavy (non-hydrogen) atoms. The third kappa shape index (κ3) is 5.12. The van der Waals surface area contributed by atoms with Crippen molar-refractivity contribution in [3.63, 3.8) is 0 Å². The molecule has 11 nitrogen and oxygen atoms in total. The summed E-state index contributed by atoms with van der Waals surface area (Å²) < 4.78 is 65.1. The standard InChI is InChI=1S/C30H28F2N6O5S/c31-22-11-19(12-25-28(22)43-9-5-26(32)44(25,40)41)30(39)35-16-20-13-23-18(15-33-20)3-4-27(36-23)38-8-10-42-24-14-21(17-34-29(24)38)37-6-1-2-7-37/h3-4,11-15,17,26H,1-2,5-10,16H2,(H,35,39)/t26-/m1/s1. The quantitative estimate of drug-likeness (QED) is 0.348. The normalized spacial score (nSPS) is 19.0. The van der Waals surface area contributed by atoms with E-state index >= 15 is 0 Å². The summed E-state index contributed by atoms with van der Waals surface area (Å²) in [6, 6.07) is 9.36. The fraction of sp³-hybridized carbons (Fsp3) is 0.333. The molecule has 3 aliphatic rings. The molecule has 14 heteroatoms. The molecule has 1 atom stereocenters. The predicted molar refractivity (Wildman–Crippen MR) is 157 cm³/mol. The SMILES string of the molecule is O=C(NCc1cc2nc(N3CCOc4cc(N5CCCC5)cnc43)ccc2cn1)c1cc(F)c2c(c1)S(=O)(=O)[C@@H](F)CCO2. The minimum atomic E-state index is -4.52. The van der Waals surface area contributed by atoms with E-state index in [9.17, 15) is 22.0 Å². The van der Waals surface area contributed by atoms with Gasteiger partial charge in [-0.25, -0.2) is 27.2 Å². The summed E-state index contributed by atoms with van der Waals surface area (Å²) >= 11 is 0. The van der Waals surface area contributed by atoms with Gasteiger partial charge in [0.25, 0.3) is 5.91 Å². The van der Waals surface area contributed by atoms with E-state index in [0.717, 1.165) is 36.3 Å². The zero-order valence-corrected chi connectivity index (χ0v) is 24.3. The van der Waals surface area contributed by atoms with Crippen LogP contribution < -0.4 is 24.6 Å². The maximum absolute atomic E-state index is 14.7. The number of amides is 1. The molecule has 0 spiro atoms. The Morgan fingerprint density at radius 2 is 1.86 bits per heavy atom. The molecule has 1 amide bonds. The number of hydrogen-bond donors (Lipinski definition) is 1. The van der Waals surface area contributed by atoms with E-state index in [2.05, 4.69) is 15.2 Å². The Balaban J connectivity index is 1.11. The van der Waals surface area contributed by atoms with Crippen LogP contribution >= 0.6 is 0 Å². The van der Waals surface area contributed by atoms with Gasteiger partial charge in [-0.15, -0.1) is 0 Å². The molecule has 228 valence electrons. The Morgan fingerprint density at radius 3 is 2.70 bits per heavy atom. The van der Waals surface area contributed by atoms with E-state index in [-0.39, 0.29) is 18.7 Å². The average molecular weight is 623 g/mol. The van der Waals surface area contributed by atoms with E-state index in [1.54, 1.807) is 12.3 Å². The number of halogens is 2. The fourth-order valence-electron chi connectivity index (χ4n) is 5.62. The monoisotopic (exact) mass is 622 g/mol. The number of hydrogen-bond acceptors (Lipinski definition) is 10. The number of nitrogens with zero attached hydrogens (tertiary/aromatic N) is 5. The summed E-state index contributed by atoms with van der Waals surface area (Å²) in [6.45, 7) is 2.72. The third-order valence-electron chi connectivity index (χ3n) is 7.95. The van der Waals surface area contributed by atoms with Crippen LogP contribution in [0.5, 0.6) is 11.5 Å². The Morgan fingerprint density at radius 1 is 1.02 bits per heavy atom. The average Bonchev–Trinajstić information content (AvgIpc) is 3.55. The number of pyridine rings is 3. The van der Waals surface area contributed by atoms with Gasteiger partial charge >= 0.3 is 0 Å². The van der Waals surface area contributed by atoms with Gasteiger partial charge in [-0.05, 0) is 43.2 Å². The summed E-state index contributed by atoms with van der Waals surface area (Å²) in [5.74, 6) is -0.320. The van der Waals surface area contributed by atoms with Gasteiger partial charge in [-0.2, -0.15) is 0 Å². The van der Waals surface area contributed by atoms with Crippen LogP contribution in [0.25, 0.3) is 10.9 Å². The second-order valence-electron chi connectivity index (χ2n) is 10.8. The smallest absolute Gasteiger partial charge is 0.251 e. The van der Waals surface area contributed by atoms with Crippen molar-refractivity contribution >= 4 is 44.0 Å². The highest BCUT2D eigenvalue weighted by Crippen LogP contribution is 2.38. The number of nitrogens with one attached hydrogen (secondary N) is 1. The zero-order chi connectivity index (χ0) is 30.4. The lowest BCUT2D eigenvalue weighted by Crippen LogP contribution is -2.30. The summed E-state index contributed by atoms with van der Waals surface area (Å²) in [4.78, 5) is 30.5. The van der Waals surface area contributed by atoms with Crippen LogP contribution in [0.1, 0.15) is 35.3 Å². The van der Waals surface area contributed by atoms with Gasteiger partial charge in [-0.3, -0.25) is 9.78 Å². The van der Waals surface area contributed by atoms with E-state index in [0.29, 0.717) is 41.7 Å². The van der Waals surface area contributed by atoms with Gasteiger partial charge < -0.3 is 24.6 Å². The fourth-order valence-corrected chi connectivity index (χ4v) is 7.01. The lowest BCUT2D eigenvalue weighted by molar-refractivity contribution is 0.0949. The van der Waals surface area contributed by atoms with E-state index < -0.39 is 44.1 Å². The maximum atomic E-state index is 14.7. The number of rotatable bonds is 5. The highest BCUT2D eigenvalue weighted by atomic mass is 32.2. The van der Waals surface area contributed by atoms with Crippen LogP contribution in [0.2, 0.25) is 0 Å². The molecule has 6 heterocycles. The number of carbonyl (C=O) groups excluding carboxylic acids is 1. The first kappa shape index (κ1) is 28.2. The molecule has 4 aromatic rings. The lowest BCUT2D eigenvalue weighted by atomic mass is 10.2. The van der Waals surface area contributed by atoms with Crippen molar-refractivity contribution in [3.8, 4) is 11.5 Å². The molecule has 0 unspecified atom stereocenters. The molecule has 0 aliphatic carbocycles. The van der Waals surface area contributed by atoms with Gasteiger partial charge in [0, 0.05) is 42.7 Å². The Hall–Kier alpha value is -4.59. The number of ether oxygens (including phenoxy) is 2. The van der Waals surface area contributed by atoms with Gasteiger partial charge in [0.2, 0.25) is 15.3 Å². The Labute approximate surface area is 251 Å². The molecule has 3 aromatic heterocycles. The molecule has 1 saturated heterocycles. The van der Waals surface area contributed by atoms with Crippen LogP contribution in [-0.4, -0.2) is 67.6 Å². The summed E-state index contributed by atoms with van der Waals surface area (Å²) in [6.07, 6.45) is 5.40. The van der Waals surface area contributed by atoms with Crippen molar-refractivity contribution in [2.45, 2.75) is 36.2 Å². The molecule has 0 radical (unpaired) electrons. The van der Waals surface area contributed by atoms with Gasteiger partial charge in [0.1, 0.15) is 17.3 Å². The zero-order valence-electron chi connectivity index (χ0n) is 23.5. The van der Waals surface area contributed by atoms with Crippen molar-refractivity contribution in [3.05, 3.63) is 65.9 Å².